The Morgan fingerprint density at radius 2 is 1.91 bits per heavy atom. The van der Waals surface area contributed by atoms with Crippen LogP contribution in [0.3, 0.4) is 0 Å². The van der Waals surface area contributed by atoms with Gasteiger partial charge in [-0.1, -0.05) is 48.5 Å². The number of rotatable bonds is 7. The van der Waals surface area contributed by atoms with Gasteiger partial charge in [-0.2, -0.15) is 5.10 Å². The molecule has 1 aromatic heterocycles. The van der Waals surface area contributed by atoms with Gasteiger partial charge in [-0.3, -0.25) is 14.7 Å². The molecule has 4 rings (SSSR count). The zero-order chi connectivity index (χ0) is 23.2. The molecule has 0 unspecified atom stereocenters. The van der Waals surface area contributed by atoms with Crippen LogP contribution in [0.4, 0.5) is 4.39 Å². The van der Waals surface area contributed by atoms with E-state index < -0.39 is 0 Å². The smallest absolute Gasteiger partial charge is 0.257 e. The van der Waals surface area contributed by atoms with Crippen molar-refractivity contribution in [1.29, 1.82) is 0 Å². The van der Waals surface area contributed by atoms with Gasteiger partial charge in [0.2, 0.25) is 5.91 Å². The lowest BCUT2D eigenvalue weighted by Gasteiger charge is -2.33. The van der Waals surface area contributed by atoms with Crippen molar-refractivity contribution in [3.63, 3.8) is 0 Å². The van der Waals surface area contributed by atoms with Crippen LogP contribution in [-0.2, 0) is 17.8 Å². The first kappa shape index (κ1) is 22.7. The molecule has 2 amide bonds. The van der Waals surface area contributed by atoms with Crippen LogP contribution in [0.5, 0.6) is 0 Å². The van der Waals surface area contributed by atoms with E-state index in [1.54, 1.807) is 36.3 Å². The molecule has 0 spiro atoms. The molecule has 1 atom stereocenters. The Bertz CT molecular complexity index is 1100. The molecule has 1 N–H and O–H groups in total. The number of aromatic amines is 1. The number of hydrogen-bond donors (Lipinski definition) is 1. The fraction of sp³-hybridized carbons (Fsp3) is 0.346. The number of aromatic nitrogens is 2. The second kappa shape index (κ2) is 10.4. The molecular weight excluding hydrogens is 419 g/mol. The van der Waals surface area contributed by atoms with Gasteiger partial charge in [-0.05, 0) is 36.5 Å². The van der Waals surface area contributed by atoms with Gasteiger partial charge in [0.1, 0.15) is 5.82 Å². The van der Waals surface area contributed by atoms with E-state index in [0.29, 0.717) is 37.2 Å². The first-order chi connectivity index (χ1) is 16.0. The monoisotopic (exact) mass is 448 g/mol. The maximum absolute atomic E-state index is 13.9. The molecule has 33 heavy (non-hydrogen) atoms. The molecule has 3 aromatic rings. The maximum Gasteiger partial charge on any atom is 0.257 e. The Labute approximate surface area is 193 Å². The summed E-state index contributed by atoms with van der Waals surface area (Å²) in [6.07, 6.45) is 3.95. The summed E-state index contributed by atoms with van der Waals surface area (Å²) < 4.78 is 13.9. The minimum Gasteiger partial charge on any atom is -0.342 e. The largest absolute Gasteiger partial charge is 0.342 e. The standard InChI is InChI=1S/C26H29FN4O2/c1-30(17-19-8-3-2-4-9-19)26(33)22-16-28-29-25(22)21-11-7-15-31(18-21)24(32)14-13-20-10-5-6-12-23(20)27/h2-6,8-10,12,16,21H,7,11,13-15,17-18H2,1H3,(H,28,29)/t21-/m0/s1. The van der Waals surface area contributed by atoms with Crippen molar-refractivity contribution in [1.82, 2.24) is 20.0 Å². The van der Waals surface area contributed by atoms with E-state index in [2.05, 4.69) is 10.2 Å². The summed E-state index contributed by atoms with van der Waals surface area (Å²) in [6, 6.07) is 16.4. The second-order valence-electron chi connectivity index (χ2n) is 8.61. The molecule has 0 radical (unpaired) electrons. The fourth-order valence-electron chi connectivity index (χ4n) is 4.45. The summed E-state index contributed by atoms with van der Waals surface area (Å²) in [4.78, 5) is 29.5. The minimum absolute atomic E-state index is 0.0107. The molecule has 1 fully saturated rings. The highest BCUT2D eigenvalue weighted by Crippen LogP contribution is 2.29. The molecule has 7 heteroatoms. The number of carbonyl (C=O) groups is 2. The molecule has 6 nitrogen and oxygen atoms in total. The number of carbonyl (C=O) groups excluding carboxylic acids is 2. The number of likely N-dealkylation sites (tertiary alicyclic amines) is 1. The summed E-state index contributed by atoms with van der Waals surface area (Å²) >= 11 is 0. The van der Waals surface area contributed by atoms with Crippen LogP contribution in [0.1, 0.15) is 52.4 Å². The third-order valence-corrected chi connectivity index (χ3v) is 6.26. The van der Waals surface area contributed by atoms with Crippen LogP contribution < -0.4 is 0 Å². The van der Waals surface area contributed by atoms with Crippen LogP contribution in [0.2, 0.25) is 0 Å². The first-order valence-corrected chi connectivity index (χ1v) is 11.4. The van der Waals surface area contributed by atoms with Gasteiger partial charge in [0.25, 0.3) is 5.91 Å². The number of aryl methyl sites for hydroxylation is 1. The van der Waals surface area contributed by atoms with Crippen molar-refractivity contribution in [3.8, 4) is 0 Å². The third-order valence-electron chi connectivity index (χ3n) is 6.26. The molecule has 0 bridgehead atoms. The number of hydrogen-bond acceptors (Lipinski definition) is 3. The van der Waals surface area contributed by atoms with Gasteiger partial charge in [-0.15, -0.1) is 0 Å². The average Bonchev–Trinajstić information content (AvgIpc) is 3.33. The van der Waals surface area contributed by atoms with Gasteiger partial charge in [0, 0.05) is 39.0 Å². The van der Waals surface area contributed by atoms with E-state index in [9.17, 15) is 14.0 Å². The lowest BCUT2D eigenvalue weighted by Crippen LogP contribution is -2.40. The van der Waals surface area contributed by atoms with Gasteiger partial charge < -0.3 is 9.80 Å². The Morgan fingerprint density at radius 1 is 1.15 bits per heavy atom. The van der Waals surface area contributed by atoms with Crippen molar-refractivity contribution >= 4 is 11.8 Å². The van der Waals surface area contributed by atoms with Crippen molar-refractivity contribution in [3.05, 3.63) is 89.0 Å². The Hall–Kier alpha value is -3.48. The van der Waals surface area contributed by atoms with Crippen LogP contribution >= 0.6 is 0 Å². The van der Waals surface area contributed by atoms with Crippen molar-refractivity contribution < 1.29 is 14.0 Å². The van der Waals surface area contributed by atoms with Gasteiger partial charge in [-0.25, -0.2) is 4.39 Å². The summed E-state index contributed by atoms with van der Waals surface area (Å²) in [7, 11) is 1.78. The number of amides is 2. The summed E-state index contributed by atoms with van der Waals surface area (Å²) in [5.74, 6) is -0.341. The Balaban J connectivity index is 1.39. The SMILES string of the molecule is CN(Cc1ccccc1)C(=O)c1cn[nH]c1[C@H]1CCCN(C(=O)CCc2ccccc2F)C1. The molecule has 2 aromatic carbocycles. The molecule has 172 valence electrons. The number of piperidine rings is 1. The van der Waals surface area contributed by atoms with E-state index in [1.807, 2.05) is 35.2 Å². The van der Waals surface area contributed by atoms with Gasteiger partial charge in [0.15, 0.2) is 0 Å². The molecular formula is C26H29FN4O2. The van der Waals surface area contributed by atoms with E-state index >= 15 is 0 Å². The zero-order valence-electron chi connectivity index (χ0n) is 18.8. The van der Waals surface area contributed by atoms with Crippen LogP contribution in [0.25, 0.3) is 0 Å². The van der Waals surface area contributed by atoms with E-state index in [-0.39, 0.29) is 30.0 Å². The molecule has 0 saturated carbocycles. The lowest BCUT2D eigenvalue weighted by atomic mass is 9.92. The number of nitrogens with one attached hydrogen (secondary N) is 1. The third kappa shape index (κ3) is 5.48. The topological polar surface area (TPSA) is 69.3 Å². The molecule has 1 aliphatic rings. The summed E-state index contributed by atoms with van der Waals surface area (Å²) in [5, 5.41) is 7.16. The number of halogens is 1. The highest BCUT2D eigenvalue weighted by Gasteiger charge is 2.29. The highest BCUT2D eigenvalue weighted by molar-refractivity contribution is 5.95. The number of nitrogens with zero attached hydrogens (tertiary/aromatic N) is 3. The minimum atomic E-state index is -0.276. The summed E-state index contributed by atoms with van der Waals surface area (Å²) in [6.45, 7) is 1.72. The zero-order valence-corrected chi connectivity index (χ0v) is 18.8. The van der Waals surface area contributed by atoms with Crippen LogP contribution in [0, 0.1) is 5.82 Å². The predicted molar refractivity (Wildman–Crippen MR) is 124 cm³/mol. The van der Waals surface area contributed by atoms with Crippen molar-refractivity contribution in [2.75, 3.05) is 20.1 Å². The van der Waals surface area contributed by atoms with E-state index in [0.717, 1.165) is 24.1 Å². The molecule has 1 saturated heterocycles. The number of H-pyrrole nitrogens is 1. The predicted octanol–water partition coefficient (Wildman–Crippen LogP) is 4.16. The van der Waals surface area contributed by atoms with Gasteiger partial charge in [0.05, 0.1) is 17.5 Å². The highest BCUT2D eigenvalue weighted by atomic mass is 19.1. The number of benzene rings is 2. The molecule has 2 heterocycles. The molecule has 1 aliphatic heterocycles. The van der Waals surface area contributed by atoms with Crippen molar-refractivity contribution in [2.45, 2.75) is 38.1 Å². The van der Waals surface area contributed by atoms with Gasteiger partial charge >= 0.3 is 0 Å². The normalized spacial score (nSPS) is 15.9. The van der Waals surface area contributed by atoms with Crippen LogP contribution in [-0.4, -0.2) is 51.9 Å². The van der Waals surface area contributed by atoms with E-state index in [1.165, 1.54) is 6.07 Å². The fourth-order valence-corrected chi connectivity index (χ4v) is 4.45. The van der Waals surface area contributed by atoms with Crippen molar-refractivity contribution in [2.24, 2.45) is 0 Å². The second-order valence-corrected chi connectivity index (χ2v) is 8.61. The Morgan fingerprint density at radius 3 is 2.70 bits per heavy atom. The van der Waals surface area contributed by atoms with E-state index in [4.69, 9.17) is 0 Å². The summed E-state index contributed by atoms with van der Waals surface area (Å²) in [5.41, 5.74) is 2.95. The first-order valence-electron chi connectivity index (χ1n) is 11.4. The Kier molecular flexibility index (Phi) is 7.17. The average molecular weight is 449 g/mol. The lowest BCUT2D eigenvalue weighted by molar-refractivity contribution is -0.132. The maximum atomic E-state index is 13.9. The van der Waals surface area contributed by atoms with Crippen LogP contribution in [0.15, 0.2) is 60.8 Å². The molecule has 0 aliphatic carbocycles. The quantitative estimate of drug-likeness (QED) is 0.590.